The van der Waals surface area contributed by atoms with Gasteiger partial charge in [-0.2, -0.15) is 0 Å². The van der Waals surface area contributed by atoms with Gasteiger partial charge in [0.25, 0.3) is 0 Å². The van der Waals surface area contributed by atoms with Crippen LogP contribution < -0.4 is 0 Å². The highest BCUT2D eigenvalue weighted by molar-refractivity contribution is 14.1. The van der Waals surface area contributed by atoms with E-state index in [0.29, 0.717) is 24.2 Å². The van der Waals surface area contributed by atoms with E-state index in [4.69, 9.17) is 3.07 Å². The first-order valence-corrected chi connectivity index (χ1v) is 7.84. The number of carbonyl (C=O) groups excluding carboxylic acids is 1. The van der Waals surface area contributed by atoms with Gasteiger partial charge in [-0.1, -0.05) is 24.3 Å². The molecule has 0 radical (unpaired) electrons. The van der Waals surface area contributed by atoms with Crippen LogP contribution in [0.1, 0.15) is 32.1 Å². The van der Waals surface area contributed by atoms with Crippen molar-refractivity contribution < 1.29 is 7.86 Å². The lowest BCUT2D eigenvalue weighted by atomic mass is 9.77. The minimum atomic E-state index is -0.0494. The number of carbonyl (C=O) groups is 1. The van der Waals surface area contributed by atoms with Gasteiger partial charge in [0.2, 0.25) is 0 Å². The van der Waals surface area contributed by atoms with Crippen molar-refractivity contribution in [3.63, 3.8) is 0 Å². The molecule has 98 valence electrons. The third kappa shape index (κ3) is 2.15. The predicted molar refractivity (Wildman–Crippen MR) is 78.9 cm³/mol. The van der Waals surface area contributed by atoms with Gasteiger partial charge < -0.3 is 3.07 Å². The first-order chi connectivity index (χ1) is 8.81. The van der Waals surface area contributed by atoms with E-state index in [1.165, 1.54) is 25.7 Å². The molecule has 0 aromatic heterocycles. The highest BCUT2D eigenvalue weighted by atomic mass is 127. The van der Waals surface area contributed by atoms with Gasteiger partial charge in [-0.3, -0.25) is 4.79 Å². The van der Waals surface area contributed by atoms with Crippen LogP contribution in [-0.2, 0) is 7.86 Å². The minimum Gasteiger partial charge on any atom is -0.394 e. The Balaban J connectivity index is 1.76. The zero-order valence-corrected chi connectivity index (χ0v) is 12.6. The Labute approximate surface area is 123 Å². The van der Waals surface area contributed by atoms with Crippen molar-refractivity contribution in [3.05, 3.63) is 24.3 Å². The Morgan fingerprint density at radius 3 is 2.17 bits per heavy atom. The number of hydrogen-bond acceptors (Lipinski definition) is 2. The molecule has 0 aromatic rings. The van der Waals surface area contributed by atoms with Crippen LogP contribution in [0.3, 0.4) is 0 Å². The second-order valence-electron chi connectivity index (χ2n) is 5.81. The van der Waals surface area contributed by atoms with Gasteiger partial charge in [0.15, 0.2) is 23.0 Å². The van der Waals surface area contributed by atoms with E-state index in [-0.39, 0.29) is 5.97 Å². The fourth-order valence-corrected chi connectivity index (χ4v) is 4.59. The normalized spacial score (nSPS) is 43.1. The summed E-state index contributed by atoms with van der Waals surface area (Å²) in [6.07, 6.45) is 15.0. The summed E-state index contributed by atoms with van der Waals surface area (Å²) in [7, 11) is 0. The van der Waals surface area contributed by atoms with Crippen LogP contribution >= 0.6 is 23.0 Å². The molecule has 3 aliphatic rings. The van der Waals surface area contributed by atoms with E-state index in [9.17, 15) is 4.79 Å². The van der Waals surface area contributed by atoms with Gasteiger partial charge in [-0.25, -0.2) is 0 Å². The molecule has 0 heterocycles. The molecule has 3 aliphatic carbocycles. The van der Waals surface area contributed by atoms with Crippen LogP contribution in [0.25, 0.3) is 0 Å². The van der Waals surface area contributed by atoms with Crippen LogP contribution in [0.5, 0.6) is 0 Å². The maximum Gasteiger partial charge on any atom is 0.315 e. The van der Waals surface area contributed by atoms with E-state index in [1.807, 2.05) is 0 Å². The lowest BCUT2D eigenvalue weighted by Crippen LogP contribution is -2.20. The Hall–Kier alpha value is -0.320. The quantitative estimate of drug-likeness (QED) is 0.550. The van der Waals surface area contributed by atoms with Crippen molar-refractivity contribution in [1.29, 1.82) is 0 Å². The second-order valence-corrected chi connectivity index (χ2v) is 6.25. The predicted octanol–water partition coefficient (Wildman–Crippen LogP) is 4.06. The van der Waals surface area contributed by atoms with Gasteiger partial charge in [0.05, 0.1) is 6.42 Å². The third-order valence-corrected chi connectivity index (χ3v) is 5.56. The van der Waals surface area contributed by atoms with Crippen LogP contribution in [0.15, 0.2) is 24.3 Å². The third-order valence-electron chi connectivity index (χ3n) is 5.07. The van der Waals surface area contributed by atoms with Gasteiger partial charge in [-0.05, 0) is 55.3 Å². The fourth-order valence-electron chi connectivity index (χ4n) is 4.41. The highest BCUT2D eigenvalue weighted by Gasteiger charge is 2.51. The number of halogens is 1. The van der Waals surface area contributed by atoms with Gasteiger partial charge in [0.1, 0.15) is 0 Å². The molecule has 0 amide bonds. The first-order valence-electron chi connectivity index (χ1n) is 6.96. The van der Waals surface area contributed by atoms with E-state index >= 15 is 0 Å². The van der Waals surface area contributed by atoms with Gasteiger partial charge in [-0.15, -0.1) is 0 Å². The summed E-state index contributed by atoms with van der Waals surface area (Å²) >= 11 is 1.71. The molecule has 3 rings (SSSR count). The molecule has 0 spiro atoms. The second kappa shape index (κ2) is 5.35. The number of rotatable bonds is 2. The number of hydrogen-bond donors (Lipinski definition) is 0. The first kappa shape index (κ1) is 12.7. The molecule has 18 heavy (non-hydrogen) atoms. The molecule has 0 N–H and O–H groups in total. The zero-order chi connectivity index (χ0) is 12.5. The Kier molecular flexibility index (Phi) is 3.78. The molecule has 1 saturated carbocycles. The van der Waals surface area contributed by atoms with Crippen molar-refractivity contribution in [1.82, 2.24) is 0 Å². The van der Waals surface area contributed by atoms with E-state index in [0.717, 1.165) is 11.8 Å². The topological polar surface area (TPSA) is 26.3 Å². The fraction of sp³-hybridized carbons (Fsp3) is 0.667. The van der Waals surface area contributed by atoms with Crippen molar-refractivity contribution in [2.24, 2.45) is 29.6 Å². The van der Waals surface area contributed by atoms with Crippen LogP contribution in [-0.4, -0.2) is 5.97 Å². The minimum absolute atomic E-state index is 0.0494. The van der Waals surface area contributed by atoms with E-state index in [1.54, 1.807) is 23.0 Å². The maximum atomic E-state index is 11.6. The summed E-state index contributed by atoms with van der Waals surface area (Å²) in [5.41, 5.74) is 0. The average Bonchev–Trinajstić information content (AvgIpc) is 2.83. The standard InChI is InChI=1S/C15H19IO2/c16-18-15(17)9-14-12-7-8-13(14)11-6-4-2-1-3-5-10(11)12/h1-2,7-8,10-14H,3-6,9H2/b2-1+. The summed E-state index contributed by atoms with van der Waals surface area (Å²) in [6, 6.07) is 0. The summed E-state index contributed by atoms with van der Waals surface area (Å²) in [5.74, 6) is 3.32. The largest absolute Gasteiger partial charge is 0.394 e. The molecule has 0 saturated heterocycles. The van der Waals surface area contributed by atoms with Crippen molar-refractivity contribution in [2.45, 2.75) is 32.1 Å². The summed E-state index contributed by atoms with van der Waals surface area (Å²) in [6.45, 7) is 0. The Bertz CT molecular complexity index is 362. The van der Waals surface area contributed by atoms with Gasteiger partial charge in [0, 0.05) is 0 Å². The Morgan fingerprint density at radius 2 is 1.67 bits per heavy atom. The molecule has 2 nitrogen and oxygen atoms in total. The molecular formula is C15H19IO2. The number of fused-ring (bicyclic) bond motifs is 5. The van der Waals surface area contributed by atoms with E-state index < -0.39 is 0 Å². The highest BCUT2D eigenvalue weighted by Crippen LogP contribution is 2.56. The maximum absolute atomic E-state index is 11.6. The van der Waals surface area contributed by atoms with E-state index in [2.05, 4.69) is 24.3 Å². The van der Waals surface area contributed by atoms with Gasteiger partial charge >= 0.3 is 5.97 Å². The van der Waals surface area contributed by atoms with Crippen molar-refractivity contribution >= 4 is 29.0 Å². The molecule has 4 atom stereocenters. The average molecular weight is 358 g/mol. The lowest BCUT2D eigenvalue weighted by molar-refractivity contribution is -0.132. The SMILES string of the molecule is O=C(CC1C2C=CC1C1CC/C=C/CCC21)OI. The summed E-state index contributed by atoms with van der Waals surface area (Å²) < 4.78 is 4.83. The van der Waals surface area contributed by atoms with Crippen LogP contribution in [0.2, 0.25) is 0 Å². The zero-order valence-electron chi connectivity index (χ0n) is 10.4. The van der Waals surface area contributed by atoms with Crippen molar-refractivity contribution in [2.75, 3.05) is 0 Å². The lowest BCUT2D eigenvalue weighted by Gasteiger charge is -2.28. The molecular weight excluding hydrogens is 339 g/mol. The molecule has 0 aromatic carbocycles. The smallest absolute Gasteiger partial charge is 0.315 e. The molecule has 3 heteroatoms. The summed E-state index contributed by atoms with van der Waals surface area (Å²) in [5, 5.41) is 0. The van der Waals surface area contributed by atoms with Crippen molar-refractivity contribution in [3.8, 4) is 0 Å². The Morgan fingerprint density at radius 1 is 1.11 bits per heavy atom. The van der Waals surface area contributed by atoms with Crippen LogP contribution in [0, 0.1) is 29.6 Å². The molecule has 4 unspecified atom stereocenters. The molecule has 2 bridgehead atoms. The molecule has 1 fully saturated rings. The molecule has 0 aliphatic heterocycles. The monoisotopic (exact) mass is 358 g/mol. The number of allylic oxidation sites excluding steroid dienone is 4. The summed E-state index contributed by atoms with van der Waals surface area (Å²) in [4.78, 5) is 11.6. The van der Waals surface area contributed by atoms with Crippen LogP contribution in [0.4, 0.5) is 0 Å².